The fourth-order valence-corrected chi connectivity index (χ4v) is 2.28. The highest BCUT2D eigenvalue weighted by atomic mass is 16.5. The van der Waals surface area contributed by atoms with Crippen LogP contribution in [0.3, 0.4) is 0 Å². The lowest BCUT2D eigenvalue weighted by atomic mass is 10.0. The van der Waals surface area contributed by atoms with Crippen LogP contribution in [0.4, 0.5) is 0 Å². The normalized spacial score (nSPS) is 14.6. The van der Waals surface area contributed by atoms with Crippen LogP contribution in [0.25, 0.3) is 0 Å². The van der Waals surface area contributed by atoms with E-state index in [1.165, 1.54) is 6.42 Å². The minimum Gasteiger partial charge on any atom is -0.465 e. The van der Waals surface area contributed by atoms with Crippen molar-refractivity contribution in [2.75, 3.05) is 26.7 Å². The highest BCUT2D eigenvalue weighted by molar-refractivity contribution is 5.75. The number of rotatable bonds is 11. The molecule has 0 rings (SSSR count). The lowest BCUT2D eigenvalue weighted by molar-refractivity contribution is -0.146. The van der Waals surface area contributed by atoms with E-state index in [9.17, 15) is 4.79 Å². The summed E-state index contributed by atoms with van der Waals surface area (Å²) in [7, 11) is 2.13. The van der Waals surface area contributed by atoms with Gasteiger partial charge >= 0.3 is 5.97 Å². The van der Waals surface area contributed by atoms with Gasteiger partial charge < -0.3 is 15.0 Å². The molecule has 4 nitrogen and oxygen atoms in total. The van der Waals surface area contributed by atoms with Gasteiger partial charge in [-0.3, -0.25) is 4.79 Å². The molecule has 4 heteroatoms. The van der Waals surface area contributed by atoms with Crippen LogP contribution >= 0.6 is 0 Å². The molecule has 20 heavy (non-hydrogen) atoms. The molecule has 0 aromatic rings. The second-order valence-corrected chi connectivity index (χ2v) is 6.01. The summed E-state index contributed by atoms with van der Waals surface area (Å²) >= 11 is 0. The summed E-state index contributed by atoms with van der Waals surface area (Å²) in [5.74, 6) is 0.581. The predicted octanol–water partition coefficient (Wildman–Crippen LogP) is 2.67. The summed E-state index contributed by atoms with van der Waals surface area (Å²) in [4.78, 5) is 14.2. The number of esters is 1. The van der Waals surface area contributed by atoms with Crippen molar-refractivity contribution in [2.45, 2.75) is 66.0 Å². The maximum atomic E-state index is 11.9. The smallest absolute Gasteiger partial charge is 0.323 e. The van der Waals surface area contributed by atoms with Crippen LogP contribution in [0.2, 0.25) is 0 Å². The Morgan fingerprint density at radius 1 is 1.25 bits per heavy atom. The van der Waals surface area contributed by atoms with Crippen LogP contribution in [0.15, 0.2) is 0 Å². The monoisotopic (exact) mass is 286 g/mol. The van der Waals surface area contributed by atoms with Crippen LogP contribution in [-0.4, -0.2) is 49.7 Å². The van der Waals surface area contributed by atoms with Crippen LogP contribution in [0.5, 0.6) is 0 Å². The van der Waals surface area contributed by atoms with Crippen molar-refractivity contribution in [1.82, 2.24) is 10.2 Å². The van der Waals surface area contributed by atoms with E-state index in [2.05, 4.69) is 45.0 Å². The van der Waals surface area contributed by atoms with Crippen LogP contribution < -0.4 is 5.32 Å². The third-order valence-corrected chi connectivity index (χ3v) is 3.55. The van der Waals surface area contributed by atoms with E-state index in [0.717, 1.165) is 25.9 Å². The third kappa shape index (κ3) is 8.54. The average Bonchev–Trinajstić information content (AvgIpc) is 2.37. The molecule has 0 fully saturated rings. The van der Waals surface area contributed by atoms with Crippen LogP contribution in [-0.2, 0) is 9.53 Å². The standard InChI is InChI=1S/C16H34N2O2/c1-7-10-17-15(16(19)20-8-2)9-11-18(6)14(5)12-13(3)4/h13-15,17H,7-12H2,1-6H3. The Hall–Kier alpha value is -0.610. The predicted molar refractivity (Wildman–Crippen MR) is 84.9 cm³/mol. The highest BCUT2D eigenvalue weighted by Crippen LogP contribution is 2.10. The fourth-order valence-electron chi connectivity index (χ4n) is 2.28. The Bertz CT molecular complexity index is 257. The van der Waals surface area contributed by atoms with Gasteiger partial charge in [0, 0.05) is 12.6 Å². The van der Waals surface area contributed by atoms with Crippen LogP contribution in [0, 0.1) is 5.92 Å². The van der Waals surface area contributed by atoms with Gasteiger partial charge in [-0.15, -0.1) is 0 Å². The van der Waals surface area contributed by atoms with E-state index in [1.54, 1.807) is 0 Å². The van der Waals surface area contributed by atoms with Gasteiger partial charge in [-0.05, 0) is 52.6 Å². The summed E-state index contributed by atoms with van der Waals surface area (Å²) in [5, 5.41) is 3.29. The van der Waals surface area contributed by atoms with Crippen molar-refractivity contribution in [2.24, 2.45) is 5.92 Å². The molecule has 120 valence electrons. The summed E-state index contributed by atoms with van der Waals surface area (Å²) in [5.41, 5.74) is 0. The Labute approximate surface area is 125 Å². The Morgan fingerprint density at radius 2 is 1.90 bits per heavy atom. The topological polar surface area (TPSA) is 41.6 Å². The maximum absolute atomic E-state index is 11.9. The number of hydrogen-bond acceptors (Lipinski definition) is 4. The molecule has 0 amide bonds. The van der Waals surface area contributed by atoms with E-state index >= 15 is 0 Å². The van der Waals surface area contributed by atoms with Crippen molar-refractivity contribution < 1.29 is 9.53 Å². The zero-order chi connectivity index (χ0) is 15.5. The molecule has 0 aromatic heterocycles. The fraction of sp³-hybridized carbons (Fsp3) is 0.938. The first-order valence-corrected chi connectivity index (χ1v) is 8.02. The second kappa shape index (κ2) is 11.1. The van der Waals surface area contributed by atoms with Gasteiger partial charge in [0.15, 0.2) is 0 Å². The Balaban J connectivity index is 4.25. The van der Waals surface area contributed by atoms with Gasteiger partial charge in [0.1, 0.15) is 6.04 Å². The lowest BCUT2D eigenvalue weighted by Crippen LogP contribution is -2.42. The number of ether oxygens (including phenoxy) is 1. The third-order valence-electron chi connectivity index (χ3n) is 3.55. The average molecular weight is 286 g/mol. The molecule has 0 spiro atoms. The molecule has 0 aliphatic carbocycles. The summed E-state index contributed by atoms with van der Waals surface area (Å²) in [6.07, 6.45) is 3.01. The molecule has 2 unspecified atom stereocenters. The zero-order valence-corrected chi connectivity index (χ0v) is 14.2. The second-order valence-electron chi connectivity index (χ2n) is 6.01. The number of nitrogens with zero attached hydrogens (tertiary/aromatic N) is 1. The Kier molecular flexibility index (Phi) is 10.8. The first kappa shape index (κ1) is 19.4. The zero-order valence-electron chi connectivity index (χ0n) is 14.2. The molecule has 0 saturated carbocycles. The number of carbonyl (C=O) groups excluding carboxylic acids is 1. The number of carbonyl (C=O) groups is 1. The van der Waals surface area contributed by atoms with Gasteiger partial charge in [-0.25, -0.2) is 0 Å². The van der Waals surface area contributed by atoms with Crippen molar-refractivity contribution in [1.29, 1.82) is 0 Å². The maximum Gasteiger partial charge on any atom is 0.323 e. The first-order chi connectivity index (χ1) is 9.42. The summed E-state index contributed by atoms with van der Waals surface area (Å²) in [6.45, 7) is 12.9. The van der Waals surface area contributed by atoms with Gasteiger partial charge in [0.2, 0.25) is 0 Å². The van der Waals surface area contributed by atoms with E-state index < -0.39 is 0 Å². The minimum atomic E-state index is -0.177. The molecule has 0 aromatic carbocycles. The van der Waals surface area contributed by atoms with Crippen molar-refractivity contribution in [3.63, 3.8) is 0 Å². The molecule has 1 N–H and O–H groups in total. The first-order valence-electron chi connectivity index (χ1n) is 8.02. The molecule has 0 radical (unpaired) electrons. The molecule has 2 atom stereocenters. The molecular weight excluding hydrogens is 252 g/mol. The van der Waals surface area contributed by atoms with Gasteiger partial charge in [-0.2, -0.15) is 0 Å². The minimum absolute atomic E-state index is 0.120. The summed E-state index contributed by atoms with van der Waals surface area (Å²) < 4.78 is 5.14. The van der Waals surface area contributed by atoms with Crippen molar-refractivity contribution in [3.05, 3.63) is 0 Å². The van der Waals surface area contributed by atoms with E-state index in [0.29, 0.717) is 18.6 Å². The number of nitrogens with one attached hydrogen (secondary N) is 1. The van der Waals surface area contributed by atoms with Crippen molar-refractivity contribution >= 4 is 5.97 Å². The van der Waals surface area contributed by atoms with Gasteiger partial charge in [0.05, 0.1) is 6.61 Å². The van der Waals surface area contributed by atoms with Gasteiger partial charge in [-0.1, -0.05) is 20.8 Å². The van der Waals surface area contributed by atoms with E-state index in [-0.39, 0.29) is 12.0 Å². The molecule has 0 aliphatic rings. The largest absolute Gasteiger partial charge is 0.465 e. The molecule has 0 aliphatic heterocycles. The Morgan fingerprint density at radius 3 is 2.40 bits per heavy atom. The highest BCUT2D eigenvalue weighted by Gasteiger charge is 2.20. The van der Waals surface area contributed by atoms with E-state index in [4.69, 9.17) is 4.74 Å². The van der Waals surface area contributed by atoms with Crippen LogP contribution in [0.1, 0.15) is 53.9 Å². The molecule has 0 bridgehead atoms. The molecular formula is C16H34N2O2. The van der Waals surface area contributed by atoms with Crippen molar-refractivity contribution in [3.8, 4) is 0 Å². The van der Waals surface area contributed by atoms with E-state index in [1.807, 2.05) is 6.92 Å². The van der Waals surface area contributed by atoms with Gasteiger partial charge in [0.25, 0.3) is 0 Å². The number of hydrogen-bond donors (Lipinski definition) is 1. The SMILES string of the molecule is CCCNC(CCN(C)C(C)CC(C)C)C(=O)OCC. The quantitative estimate of drug-likeness (QED) is 0.593. The molecule has 0 heterocycles. The molecule has 0 saturated heterocycles. The lowest BCUT2D eigenvalue weighted by Gasteiger charge is -2.27. The summed E-state index contributed by atoms with van der Waals surface area (Å²) in [6, 6.07) is 0.368.